The third-order valence-corrected chi connectivity index (χ3v) is 2.14. The van der Waals surface area contributed by atoms with Gasteiger partial charge in [0.1, 0.15) is 5.82 Å². The summed E-state index contributed by atoms with van der Waals surface area (Å²) >= 11 is 0. The van der Waals surface area contributed by atoms with Crippen molar-refractivity contribution >= 4 is 11.3 Å². The third kappa shape index (κ3) is 1.89. The molecule has 70 valence electrons. The van der Waals surface area contributed by atoms with Gasteiger partial charge >= 0.3 is 0 Å². The summed E-state index contributed by atoms with van der Waals surface area (Å²) in [6, 6.07) is 3.10. The van der Waals surface area contributed by atoms with Gasteiger partial charge in [-0.3, -0.25) is 0 Å². The lowest BCUT2D eigenvalue weighted by Crippen LogP contribution is -1.96. The number of aryl methyl sites for hydroxylation is 1. The van der Waals surface area contributed by atoms with Crippen molar-refractivity contribution in [1.29, 1.82) is 0 Å². The molecule has 0 amide bonds. The highest BCUT2D eigenvalue weighted by molar-refractivity contribution is 5.74. The number of halogens is 1. The molecule has 13 heavy (non-hydrogen) atoms. The van der Waals surface area contributed by atoms with E-state index in [0.717, 1.165) is 17.6 Å². The van der Waals surface area contributed by atoms with Crippen LogP contribution in [-0.4, -0.2) is 0 Å². The second-order valence-electron chi connectivity index (χ2n) is 3.15. The topological polar surface area (TPSA) is 26.0 Å². The van der Waals surface area contributed by atoms with Crippen LogP contribution < -0.4 is 5.73 Å². The number of hydrogen-bond donors (Lipinski definition) is 1. The fourth-order valence-corrected chi connectivity index (χ4v) is 1.20. The lowest BCUT2D eigenvalue weighted by atomic mass is 10.0. The van der Waals surface area contributed by atoms with E-state index >= 15 is 0 Å². The van der Waals surface area contributed by atoms with Crippen LogP contribution in [0.15, 0.2) is 18.7 Å². The first-order chi connectivity index (χ1) is 6.06. The van der Waals surface area contributed by atoms with Crippen LogP contribution in [-0.2, 0) is 0 Å². The number of nitrogens with two attached hydrogens (primary N) is 1. The summed E-state index contributed by atoms with van der Waals surface area (Å²) in [5.74, 6) is -0.223. The van der Waals surface area contributed by atoms with E-state index in [4.69, 9.17) is 5.73 Å². The molecule has 0 aliphatic rings. The van der Waals surface area contributed by atoms with Gasteiger partial charge in [-0.05, 0) is 36.6 Å². The summed E-state index contributed by atoms with van der Waals surface area (Å²) in [5, 5.41) is 0. The number of nitrogen functional groups attached to an aromatic ring is 1. The van der Waals surface area contributed by atoms with Crippen molar-refractivity contribution in [2.24, 2.45) is 0 Å². The molecule has 2 heteroatoms. The first-order valence-corrected chi connectivity index (χ1v) is 4.30. The van der Waals surface area contributed by atoms with Crippen LogP contribution in [0.5, 0.6) is 0 Å². The van der Waals surface area contributed by atoms with Gasteiger partial charge in [0.2, 0.25) is 0 Å². The van der Waals surface area contributed by atoms with Crippen LogP contribution >= 0.6 is 0 Å². The third-order valence-electron chi connectivity index (χ3n) is 2.14. The highest BCUT2D eigenvalue weighted by Gasteiger charge is 2.06. The van der Waals surface area contributed by atoms with Crippen molar-refractivity contribution in [3.05, 3.63) is 35.7 Å². The van der Waals surface area contributed by atoms with Crippen LogP contribution in [0.3, 0.4) is 0 Å². The molecule has 0 saturated carbocycles. The van der Waals surface area contributed by atoms with Crippen LogP contribution in [0.4, 0.5) is 10.1 Å². The van der Waals surface area contributed by atoms with Crippen molar-refractivity contribution in [2.75, 3.05) is 5.73 Å². The molecule has 0 unspecified atom stereocenters. The molecule has 0 aliphatic heterocycles. The van der Waals surface area contributed by atoms with Gasteiger partial charge in [-0.25, -0.2) is 4.39 Å². The second-order valence-corrected chi connectivity index (χ2v) is 3.15. The van der Waals surface area contributed by atoms with E-state index in [1.807, 2.05) is 6.92 Å². The largest absolute Gasteiger partial charge is 0.398 e. The predicted octanol–water partition coefficient (Wildman–Crippen LogP) is 3.14. The maximum atomic E-state index is 13.2. The molecule has 1 nitrogen and oxygen atoms in total. The molecular weight excluding hydrogens is 165 g/mol. The Balaban J connectivity index is 3.23. The van der Waals surface area contributed by atoms with Crippen LogP contribution in [0, 0.1) is 12.7 Å². The van der Waals surface area contributed by atoms with Gasteiger partial charge in [0.25, 0.3) is 0 Å². The predicted molar refractivity (Wildman–Crippen MR) is 54.9 cm³/mol. The molecule has 0 heterocycles. The highest BCUT2D eigenvalue weighted by atomic mass is 19.1. The van der Waals surface area contributed by atoms with Crippen molar-refractivity contribution in [1.82, 2.24) is 0 Å². The van der Waals surface area contributed by atoms with Crippen molar-refractivity contribution in [3.8, 4) is 0 Å². The van der Waals surface area contributed by atoms with E-state index in [1.165, 1.54) is 6.07 Å². The summed E-state index contributed by atoms with van der Waals surface area (Å²) in [6.07, 6.45) is 0.784. The number of rotatable bonds is 2. The van der Waals surface area contributed by atoms with Crippen LogP contribution in [0.25, 0.3) is 5.57 Å². The smallest absolute Gasteiger partial charge is 0.126 e. The van der Waals surface area contributed by atoms with Crippen molar-refractivity contribution in [2.45, 2.75) is 20.3 Å². The molecule has 1 rings (SSSR count). The molecule has 0 spiro atoms. The van der Waals surface area contributed by atoms with E-state index < -0.39 is 0 Å². The average molecular weight is 179 g/mol. The molecule has 1 aromatic carbocycles. The van der Waals surface area contributed by atoms with E-state index in [0.29, 0.717) is 11.3 Å². The molecule has 1 aromatic rings. The highest BCUT2D eigenvalue weighted by Crippen LogP contribution is 2.25. The fraction of sp³-hybridized carbons (Fsp3) is 0.273. The minimum absolute atomic E-state index is 0.223. The number of benzene rings is 1. The maximum absolute atomic E-state index is 13.2. The molecule has 0 aliphatic carbocycles. The van der Waals surface area contributed by atoms with Crippen LogP contribution in [0.2, 0.25) is 0 Å². The first kappa shape index (κ1) is 9.78. The van der Waals surface area contributed by atoms with Gasteiger partial charge in [0, 0.05) is 11.3 Å². The average Bonchev–Trinajstić information content (AvgIpc) is 2.10. The maximum Gasteiger partial charge on any atom is 0.126 e. The van der Waals surface area contributed by atoms with E-state index in [9.17, 15) is 4.39 Å². The van der Waals surface area contributed by atoms with Gasteiger partial charge in [-0.1, -0.05) is 13.5 Å². The summed E-state index contributed by atoms with van der Waals surface area (Å²) in [5.41, 5.74) is 8.52. The zero-order chi connectivity index (χ0) is 10.0. The summed E-state index contributed by atoms with van der Waals surface area (Å²) < 4.78 is 13.2. The minimum Gasteiger partial charge on any atom is -0.398 e. The molecule has 0 saturated heterocycles. The van der Waals surface area contributed by atoms with Gasteiger partial charge in [0.05, 0.1) is 0 Å². The van der Waals surface area contributed by atoms with Gasteiger partial charge < -0.3 is 5.73 Å². The number of allylic oxidation sites excluding steroid dienone is 1. The number of anilines is 1. The van der Waals surface area contributed by atoms with E-state index in [-0.39, 0.29) is 5.82 Å². The first-order valence-electron chi connectivity index (χ1n) is 4.30. The van der Waals surface area contributed by atoms with Crippen molar-refractivity contribution < 1.29 is 4.39 Å². The van der Waals surface area contributed by atoms with Gasteiger partial charge in [0.15, 0.2) is 0 Å². The molecular formula is C11H14FN. The Kier molecular flexibility index (Phi) is 2.71. The molecule has 0 bridgehead atoms. The zero-order valence-electron chi connectivity index (χ0n) is 8.02. The summed E-state index contributed by atoms with van der Waals surface area (Å²) in [7, 11) is 0. The Morgan fingerprint density at radius 1 is 1.54 bits per heavy atom. The monoisotopic (exact) mass is 179 g/mol. The Bertz CT molecular complexity index is 342. The SMILES string of the molecule is C=C(CC)c1cc(F)c(C)cc1N. The Labute approximate surface area is 78.1 Å². The number of hydrogen-bond acceptors (Lipinski definition) is 1. The summed E-state index contributed by atoms with van der Waals surface area (Å²) in [4.78, 5) is 0. The summed E-state index contributed by atoms with van der Waals surface area (Å²) in [6.45, 7) is 7.50. The second kappa shape index (κ2) is 3.60. The molecule has 0 aromatic heterocycles. The quantitative estimate of drug-likeness (QED) is 0.693. The van der Waals surface area contributed by atoms with E-state index in [2.05, 4.69) is 6.58 Å². The fourth-order valence-electron chi connectivity index (χ4n) is 1.20. The lowest BCUT2D eigenvalue weighted by Gasteiger charge is -2.08. The molecule has 0 atom stereocenters. The van der Waals surface area contributed by atoms with E-state index in [1.54, 1.807) is 13.0 Å². The Morgan fingerprint density at radius 2 is 2.15 bits per heavy atom. The molecule has 0 fully saturated rings. The minimum atomic E-state index is -0.223. The van der Waals surface area contributed by atoms with Gasteiger partial charge in [-0.2, -0.15) is 0 Å². The van der Waals surface area contributed by atoms with Gasteiger partial charge in [-0.15, -0.1) is 0 Å². The molecule has 0 radical (unpaired) electrons. The zero-order valence-corrected chi connectivity index (χ0v) is 8.02. The Hall–Kier alpha value is -1.31. The van der Waals surface area contributed by atoms with Crippen molar-refractivity contribution in [3.63, 3.8) is 0 Å². The standard InChI is InChI=1S/C11H14FN/c1-4-7(2)9-6-10(12)8(3)5-11(9)13/h5-6H,2,4,13H2,1,3H3. The normalized spacial score (nSPS) is 10.1. The Morgan fingerprint density at radius 3 is 2.69 bits per heavy atom. The molecule has 2 N–H and O–H groups in total. The van der Waals surface area contributed by atoms with Crippen LogP contribution in [0.1, 0.15) is 24.5 Å². The lowest BCUT2D eigenvalue weighted by molar-refractivity contribution is 0.618.